The van der Waals surface area contributed by atoms with E-state index < -0.39 is 0 Å². The van der Waals surface area contributed by atoms with E-state index in [2.05, 4.69) is 4.90 Å². The molecule has 0 bridgehead atoms. The number of piperidine rings is 1. The summed E-state index contributed by atoms with van der Waals surface area (Å²) in [6.07, 6.45) is 4.30. The lowest BCUT2D eigenvalue weighted by molar-refractivity contribution is -0.143. The number of amides is 2. The summed E-state index contributed by atoms with van der Waals surface area (Å²) in [5.74, 6) is 2.63. The molecule has 0 saturated carbocycles. The molecule has 1 aromatic heterocycles. The van der Waals surface area contributed by atoms with Gasteiger partial charge in [0.1, 0.15) is 11.5 Å². The van der Waals surface area contributed by atoms with Crippen molar-refractivity contribution in [1.29, 1.82) is 0 Å². The highest BCUT2D eigenvalue weighted by molar-refractivity contribution is 5.85. The first-order chi connectivity index (χ1) is 17.8. The van der Waals surface area contributed by atoms with Crippen molar-refractivity contribution in [3.8, 4) is 11.5 Å². The Balaban J connectivity index is 1.72. The van der Waals surface area contributed by atoms with Crippen LogP contribution in [0.25, 0.3) is 0 Å². The summed E-state index contributed by atoms with van der Waals surface area (Å²) in [6, 6.07) is 9.60. The molecule has 0 aliphatic carbocycles. The van der Waals surface area contributed by atoms with Crippen molar-refractivity contribution in [1.82, 2.24) is 14.7 Å². The predicted molar refractivity (Wildman–Crippen MR) is 144 cm³/mol. The first-order valence-electron chi connectivity index (χ1n) is 13.4. The van der Waals surface area contributed by atoms with Crippen LogP contribution in [-0.4, -0.2) is 80.0 Å². The van der Waals surface area contributed by atoms with E-state index in [4.69, 9.17) is 13.9 Å². The Bertz CT molecular complexity index is 1010. The molecule has 0 spiro atoms. The normalized spacial score (nSPS) is 14.0. The second-order valence-electron chi connectivity index (χ2n) is 10.1. The summed E-state index contributed by atoms with van der Waals surface area (Å²) in [4.78, 5) is 32.6. The number of hydrogen-bond donors (Lipinski definition) is 0. The maximum absolute atomic E-state index is 13.6. The fourth-order valence-electron chi connectivity index (χ4n) is 4.69. The Kier molecular flexibility index (Phi) is 10.9. The number of aryl methyl sites for hydroxylation is 1. The Morgan fingerprint density at radius 3 is 2.32 bits per heavy atom. The number of likely N-dealkylation sites (tertiary alicyclic amines) is 1. The van der Waals surface area contributed by atoms with E-state index in [1.54, 1.807) is 24.0 Å². The minimum atomic E-state index is -0.165. The smallest absolute Gasteiger partial charge is 0.242 e. The summed E-state index contributed by atoms with van der Waals surface area (Å²) in [5.41, 5.74) is 1.03. The van der Waals surface area contributed by atoms with E-state index in [-0.39, 0.29) is 24.3 Å². The number of hydrogen-bond acceptors (Lipinski definition) is 6. The van der Waals surface area contributed by atoms with Crippen molar-refractivity contribution in [3.05, 3.63) is 47.4 Å². The van der Waals surface area contributed by atoms with Crippen LogP contribution in [0.2, 0.25) is 0 Å². The zero-order valence-electron chi connectivity index (χ0n) is 23.1. The third-order valence-electron chi connectivity index (χ3n) is 6.88. The van der Waals surface area contributed by atoms with Crippen molar-refractivity contribution in [2.45, 2.75) is 53.0 Å². The number of benzene rings is 1. The highest BCUT2D eigenvalue weighted by Crippen LogP contribution is 2.28. The van der Waals surface area contributed by atoms with E-state index in [0.29, 0.717) is 37.6 Å². The van der Waals surface area contributed by atoms with Crippen LogP contribution in [0.15, 0.2) is 34.7 Å². The predicted octanol–water partition coefficient (Wildman–Crippen LogP) is 4.15. The molecule has 2 amide bonds. The lowest BCUT2D eigenvalue weighted by Gasteiger charge is -2.32. The molecule has 1 aliphatic rings. The first kappa shape index (κ1) is 28.6. The summed E-state index contributed by atoms with van der Waals surface area (Å²) in [7, 11) is 3.22. The van der Waals surface area contributed by atoms with Gasteiger partial charge in [0, 0.05) is 25.6 Å². The summed E-state index contributed by atoms with van der Waals surface area (Å²) in [5, 5.41) is 0. The van der Waals surface area contributed by atoms with Gasteiger partial charge >= 0.3 is 0 Å². The van der Waals surface area contributed by atoms with Crippen LogP contribution < -0.4 is 9.47 Å². The summed E-state index contributed by atoms with van der Waals surface area (Å²) >= 11 is 0. The van der Waals surface area contributed by atoms with Gasteiger partial charge in [0.2, 0.25) is 11.8 Å². The molecule has 0 unspecified atom stereocenters. The van der Waals surface area contributed by atoms with Crippen LogP contribution >= 0.6 is 0 Å². The van der Waals surface area contributed by atoms with Gasteiger partial charge in [0.05, 0.1) is 27.3 Å². The minimum Gasteiger partial charge on any atom is -0.493 e. The first-order valence-corrected chi connectivity index (χ1v) is 13.4. The highest BCUT2D eigenvalue weighted by Gasteiger charge is 2.25. The number of nitrogens with zero attached hydrogens (tertiary/aromatic N) is 3. The second-order valence-corrected chi connectivity index (χ2v) is 10.1. The molecule has 1 saturated heterocycles. The summed E-state index contributed by atoms with van der Waals surface area (Å²) in [6.45, 7) is 10.1. The average molecular weight is 514 g/mol. The van der Waals surface area contributed by atoms with Gasteiger partial charge < -0.3 is 28.6 Å². The number of methoxy groups -OCH3 is 2. The van der Waals surface area contributed by atoms with Gasteiger partial charge in [-0.2, -0.15) is 0 Å². The molecule has 0 radical (unpaired) electrons. The molecule has 1 aromatic carbocycles. The van der Waals surface area contributed by atoms with E-state index in [1.807, 2.05) is 51.1 Å². The largest absolute Gasteiger partial charge is 0.493 e. The molecule has 2 heterocycles. The van der Waals surface area contributed by atoms with Crippen LogP contribution in [0.1, 0.15) is 50.2 Å². The van der Waals surface area contributed by atoms with Gasteiger partial charge in [-0.3, -0.25) is 9.59 Å². The van der Waals surface area contributed by atoms with Crippen molar-refractivity contribution in [2.75, 3.05) is 53.5 Å². The third kappa shape index (κ3) is 8.52. The van der Waals surface area contributed by atoms with Crippen LogP contribution in [0.5, 0.6) is 11.5 Å². The van der Waals surface area contributed by atoms with Gasteiger partial charge in [-0.15, -0.1) is 0 Å². The molecule has 0 N–H and O–H groups in total. The quantitative estimate of drug-likeness (QED) is 0.401. The number of furan rings is 1. The molecule has 8 nitrogen and oxygen atoms in total. The molecular weight excluding hydrogens is 470 g/mol. The highest BCUT2D eigenvalue weighted by atomic mass is 16.5. The van der Waals surface area contributed by atoms with Crippen molar-refractivity contribution in [2.24, 2.45) is 5.92 Å². The maximum Gasteiger partial charge on any atom is 0.242 e. The zero-order chi connectivity index (χ0) is 26.8. The number of carbonyl (C=O) groups excluding carboxylic acids is 2. The van der Waals surface area contributed by atoms with E-state index in [9.17, 15) is 9.59 Å². The Morgan fingerprint density at radius 1 is 0.973 bits per heavy atom. The average Bonchev–Trinajstić information content (AvgIpc) is 3.32. The molecule has 37 heavy (non-hydrogen) atoms. The van der Waals surface area contributed by atoms with Crippen LogP contribution in [0, 0.1) is 12.8 Å². The molecule has 1 aliphatic heterocycles. The van der Waals surface area contributed by atoms with Gasteiger partial charge in [-0.25, -0.2) is 0 Å². The number of carbonyl (C=O) groups is 2. The second kappa shape index (κ2) is 14.1. The molecular formula is C29H43N3O5. The minimum absolute atomic E-state index is 0.0130. The SMILES string of the molecule is COc1ccc(CCN(Cc2ccc(C)o2)C(=O)CN(CCN2CCCCC2)C(=O)C(C)C)cc1OC. The van der Waals surface area contributed by atoms with Crippen molar-refractivity contribution < 1.29 is 23.5 Å². The third-order valence-corrected chi connectivity index (χ3v) is 6.88. The maximum atomic E-state index is 13.6. The van der Waals surface area contributed by atoms with E-state index in [1.165, 1.54) is 19.3 Å². The fourth-order valence-corrected chi connectivity index (χ4v) is 4.69. The Morgan fingerprint density at radius 2 is 1.70 bits per heavy atom. The van der Waals surface area contributed by atoms with Gasteiger partial charge in [0.25, 0.3) is 0 Å². The van der Waals surface area contributed by atoms with E-state index in [0.717, 1.165) is 36.7 Å². The summed E-state index contributed by atoms with van der Waals surface area (Å²) < 4.78 is 16.6. The van der Waals surface area contributed by atoms with Crippen molar-refractivity contribution in [3.63, 3.8) is 0 Å². The lowest BCUT2D eigenvalue weighted by Crippen LogP contribution is -2.47. The van der Waals surface area contributed by atoms with Crippen LogP contribution in [0.3, 0.4) is 0 Å². The Hall–Kier alpha value is -3.00. The van der Waals surface area contributed by atoms with Crippen molar-refractivity contribution >= 4 is 11.8 Å². The van der Waals surface area contributed by atoms with E-state index >= 15 is 0 Å². The Labute approximate surface area is 221 Å². The van der Waals surface area contributed by atoms with Gasteiger partial charge in [-0.05, 0) is 69.1 Å². The monoisotopic (exact) mass is 513 g/mol. The van der Waals surface area contributed by atoms with Crippen LogP contribution in [0.4, 0.5) is 0 Å². The standard InChI is InChI=1S/C29H43N3O5/c1-22(2)29(34)32(18-17-30-14-7-6-8-15-30)21-28(33)31(20-25-11-9-23(3)37-25)16-13-24-10-12-26(35-4)27(19-24)36-5/h9-12,19,22H,6-8,13-18,20-21H2,1-5H3. The molecule has 3 rings (SSSR count). The number of rotatable bonds is 13. The number of ether oxygens (including phenoxy) is 2. The van der Waals surface area contributed by atoms with Gasteiger partial charge in [0.15, 0.2) is 11.5 Å². The van der Waals surface area contributed by atoms with Crippen LogP contribution in [-0.2, 0) is 22.6 Å². The molecule has 2 aromatic rings. The fraction of sp³-hybridized carbons (Fsp3) is 0.586. The molecule has 8 heteroatoms. The molecule has 0 atom stereocenters. The van der Waals surface area contributed by atoms with Gasteiger partial charge in [-0.1, -0.05) is 26.3 Å². The topological polar surface area (TPSA) is 75.5 Å². The lowest BCUT2D eigenvalue weighted by atomic mass is 10.1. The molecule has 1 fully saturated rings. The zero-order valence-corrected chi connectivity index (χ0v) is 23.1. The molecule has 204 valence electrons.